The number of rotatable bonds is 8. The first-order chi connectivity index (χ1) is 16.6. The van der Waals surface area contributed by atoms with Crippen molar-refractivity contribution in [1.29, 1.82) is 5.26 Å². The molecular weight excluding hydrogens is 424 g/mol. The molecule has 176 valence electrons. The highest BCUT2D eigenvalue weighted by atomic mass is 16.5. The van der Waals surface area contributed by atoms with Gasteiger partial charge in [-0.25, -0.2) is 9.78 Å². The third kappa shape index (κ3) is 4.56. The van der Waals surface area contributed by atoms with E-state index in [2.05, 4.69) is 54.3 Å². The number of hydrogen-bond acceptors (Lipinski definition) is 5. The maximum atomic E-state index is 12.9. The molecule has 0 unspecified atom stereocenters. The lowest BCUT2D eigenvalue weighted by molar-refractivity contribution is 0.0512. The maximum Gasteiger partial charge on any atom is 0.356 e. The van der Waals surface area contributed by atoms with Crippen LogP contribution in [0.1, 0.15) is 65.9 Å². The van der Waals surface area contributed by atoms with Crippen molar-refractivity contribution in [2.24, 2.45) is 0 Å². The second-order valence-corrected chi connectivity index (χ2v) is 8.57. The lowest BCUT2D eigenvalue weighted by Gasteiger charge is -2.24. The number of aromatic nitrogens is 2. The van der Waals surface area contributed by atoms with Gasteiger partial charge in [-0.15, -0.1) is 0 Å². The van der Waals surface area contributed by atoms with Crippen molar-refractivity contribution >= 4 is 17.3 Å². The molecule has 0 aliphatic carbocycles. The standard InChI is InChI=1S/C28H32N4O2/c1-4-9-26-30-23(5-2)27(28(33)34-6-3)32(26)19-20-12-15-25-22(18-20)14-13-21-10-7-8-11-24(21)31(25)17-16-29/h7-8,10-12,15,18H,4-6,9,13-14,17,19H2,1-3H3. The van der Waals surface area contributed by atoms with Gasteiger partial charge in [0.15, 0.2) is 5.69 Å². The lowest BCUT2D eigenvalue weighted by atomic mass is 10.0. The van der Waals surface area contributed by atoms with Gasteiger partial charge in [0.25, 0.3) is 0 Å². The number of nitrogens with zero attached hydrogens (tertiary/aromatic N) is 4. The molecule has 6 heteroatoms. The topological polar surface area (TPSA) is 71.2 Å². The molecule has 0 radical (unpaired) electrons. The van der Waals surface area contributed by atoms with Crippen molar-refractivity contribution in [1.82, 2.24) is 9.55 Å². The molecule has 0 saturated heterocycles. The van der Waals surface area contributed by atoms with Crippen molar-refractivity contribution < 1.29 is 9.53 Å². The van der Waals surface area contributed by atoms with Crippen LogP contribution in [0.25, 0.3) is 0 Å². The molecule has 0 spiro atoms. The van der Waals surface area contributed by atoms with Gasteiger partial charge in [-0.2, -0.15) is 5.26 Å². The van der Waals surface area contributed by atoms with Crippen LogP contribution in [0.15, 0.2) is 42.5 Å². The van der Waals surface area contributed by atoms with Gasteiger partial charge in [0.1, 0.15) is 12.4 Å². The molecule has 0 N–H and O–H groups in total. The van der Waals surface area contributed by atoms with Crippen molar-refractivity contribution in [3.63, 3.8) is 0 Å². The Morgan fingerprint density at radius 1 is 1.09 bits per heavy atom. The highest BCUT2D eigenvalue weighted by molar-refractivity contribution is 5.89. The molecule has 1 aromatic heterocycles. The second kappa shape index (κ2) is 10.6. The molecule has 2 heterocycles. The Morgan fingerprint density at radius 2 is 1.85 bits per heavy atom. The molecule has 4 rings (SSSR count). The van der Waals surface area contributed by atoms with Crippen LogP contribution in [0.3, 0.4) is 0 Å². The molecule has 0 atom stereocenters. The quantitative estimate of drug-likeness (QED) is 0.336. The molecule has 0 fully saturated rings. The molecule has 2 aromatic carbocycles. The summed E-state index contributed by atoms with van der Waals surface area (Å²) < 4.78 is 7.43. The minimum Gasteiger partial charge on any atom is -0.461 e. The normalized spacial score (nSPS) is 12.5. The smallest absolute Gasteiger partial charge is 0.356 e. The number of hydrogen-bond donors (Lipinski definition) is 0. The first-order valence-corrected chi connectivity index (χ1v) is 12.2. The number of ether oxygens (including phenoxy) is 1. The zero-order chi connectivity index (χ0) is 24.1. The fourth-order valence-electron chi connectivity index (χ4n) is 4.82. The van der Waals surface area contributed by atoms with E-state index in [-0.39, 0.29) is 5.97 Å². The van der Waals surface area contributed by atoms with Crippen molar-refractivity contribution in [2.75, 3.05) is 18.1 Å². The molecule has 1 aliphatic rings. The Hall–Kier alpha value is -3.59. The monoisotopic (exact) mass is 456 g/mol. The van der Waals surface area contributed by atoms with Gasteiger partial charge in [0, 0.05) is 24.3 Å². The summed E-state index contributed by atoms with van der Waals surface area (Å²) in [6.45, 7) is 7.18. The fraction of sp³-hybridized carbons (Fsp3) is 0.393. The first-order valence-electron chi connectivity index (χ1n) is 12.2. The van der Waals surface area contributed by atoms with Crippen LogP contribution in [0.2, 0.25) is 0 Å². The summed E-state index contributed by atoms with van der Waals surface area (Å²) in [5.41, 5.74) is 7.14. The summed E-state index contributed by atoms with van der Waals surface area (Å²) >= 11 is 0. The Morgan fingerprint density at radius 3 is 2.59 bits per heavy atom. The summed E-state index contributed by atoms with van der Waals surface area (Å²) in [7, 11) is 0. The molecule has 3 aromatic rings. The Labute approximate surface area is 201 Å². The number of anilines is 2. The van der Waals surface area contributed by atoms with E-state index in [1.165, 1.54) is 11.1 Å². The van der Waals surface area contributed by atoms with Gasteiger partial charge in [-0.1, -0.05) is 44.2 Å². The van der Waals surface area contributed by atoms with E-state index in [9.17, 15) is 10.1 Å². The molecule has 0 saturated carbocycles. The minimum absolute atomic E-state index is 0.304. The van der Waals surface area contributed by atoms with Crippen molar-refractivity contribution in [3.05, 3.63) is 76.4 Å². The van der Waals surface area contributed by atoms with Crippen LogP contribution >= 0.6 is 0 Å². The maximum absolute atomic E-state index is 12.9. The highest BCUT2D eigenvalue weighted by Gasteiger charge is 2.24. The van der Waals surface area contributed by atoms with Crippen LogP contribution in [-0.2, 0) is 37.0 Å². The summed E-state index contributed by atoms with van der Waals surface area (Å²) in [5.74, 6) is 0.621. The van der Waals surface area contributed by atoms with Crippen LogP contribution in [-0.4, -0.2) is 28.7 Å². The van der Waals surface area contributed by atoms with Crippen LogP contribution in [0.5, 0.6) is 0 Å². The lowest BCUT2D eigenvalue weighted by Crippen LogP contribution is -2.19. The number of nitriles is 1. The average Bonchev–Trinajstić information content (AvgIpc) is 3.11. The van der Waals surface area contributed by atoms with Gasteiger partial charge in [-0.05, 0) is 61.4 Å². The first kappa shape index (κ1) is 23.6. The van der Waals surface area contributed by atoms with E-state index < -0.39 is 0 Å². The third-order valence-electron chi connectivity index (χ3n) is 6.35. The van der Waals surface area contributed by atoms with E-state index in [0.717, 1.165) is 54.1 Å². The molecule has 0 bridgehead atoms. The summed E-state index contributed by atoms with van der Waals surface area (Å²) in [5, 5.41) is 9.50. The van der Waals surface area contributed by atoms with E-state index in [1.807, 2.05) is 24.5 Å². The van der Waals surface area contributed by atoms with E-state index in [1.54, 1.807) is 0 Å². The Bertz CT molecular complexity index is 1220. The van der Waals surface area contributed by atoms with E-state index in [0.29, 0.717) is 31.8 Å². The second-order valence-electron chi connectivity index (χ2n) is 8.57. The van der Waals surface area contributed by atoms with E-state index >= 15 is 0 Å². The zero-order valence-electron chi connectivity index (χ0n) is 20.3. The largest absolute Gasteiger partial charge is 0.461 e. The van der Waals surface area contributed by atoms with Gasteiger partial charge < -0.3 is 14.2 Å². The highest BCUT2D eigenvalue weighted by Crippen LogP contribution is 2.36. The number of esters is 1. The number of aryl methyl sites for hydroxylation is 4. The van der Waals surface area contributed by atoms with Crippen LogP contribution in [0.4, 0.5) is 11.4 Å². The molecule has 6 nitrogen and oxygen atoms in total. The molecule has 34 heavy (non-hydrogen) atoms. The van der Waals surface area contributed by atoms with Crippen LogP contribution < -0.4 is 4.90 Å². The molecule has 0 amide bonds. The number of fused-ring (bicyclic) bond motifs is 2. The fourth-order valence-corrected chi connectivity index (χ4v) is 4.82. The summed E-state index contributed by atoms with van der Waals surface area (Å²) in [4.78, 5) is 19.8. The predicted molar refractivity (Wildman–Crippen MR) is 134 cm³/mol. The Kier molecular flexibility index (Phi) is 7.32. The third-order valence-corrected chi connectivity index (χ3v) is 6.35. The number of imidazole rings is 1. The van der Waals surface area contributed by atoms with Crippen molar-refractivity contribution in [2.45, 2.75) is 59.4 Å². The number of para-hydroxylation sites is 1. The zero-order valence-corrected chi connectivity index (χ0v) is 20.3. The molecular formula is C28H32N4O2. The van der Waals surface area contributed by atoms with Gasteiger partial charge in [-0.3, -0.25) is 0 Å². The van der Waals surface area contributed by atoms with Gasteiger partial charge >= 0.3 is 5.97 Å². The average molecular weight is 457 g/mol. The number of carbonyl (C=O) groups is 1. The van der Waals surface area contributed by atoms with E-state index in [4.69, 9.17) is 9.72 Å². The number of carbonyl (C=O) groups excluding carboxylic acids is 1. The summed E-state index contributed by atoms with van der Waals surface area (Å²) in [6, 6.07) is 17.1. The molecule has 1 aliphatic heterocycles. The number of benzene rings is 2. The van der Waals surface area contributed by atoms with Crippen LogP contribution in [0, 0.1) is 11.3 Å². The predicted octanol–water partition coefficient (Wildman–Crippen LogP) is 5.38. The van der Waals surface area contributed by atoms with Gasteiger partial charge in [0.2, 0.25) is 0 Å². The van der Waals surface area contributed by atoms with Crippen molar-refractivity contribution in [3.8, 4) is 6.07 Å². The minimum atomic E-state index is -0.306. The SMILES string of the molecule is CCCc1nc(CC)c(C(=O)OCC)n1Cc1ccc2c(c1)CCc1ccccc1N2CC#N. The van der Waals surface area contributed by atoms with Gasteiger partial charge in [0.05, 0.1) is 18.4 Å². The Balaban J connectivity index is 1.74. The summed E-state index contributed by atoms with van der Waals surface area (Å²) in [6.07, 6.45) is 4.27.